The second-order valence-electron chi connectivity index (χ2n) is 8.12. The van der Waals surface area contributed by atoms with Crippen molar-refractivity contribution in [3.05, 3.63) is 59.7 Å². The van der Waals surface area contributed by atoms with Crippen LogP contribution in [-0.4, -0.2) is 17.6 Å². The van der Waals surface area contributed by atoms with Gasteiger partial charge >= 0.3 is 0 Å². The number of hydrogen-bond acceptors (Lipinski definition) is 3. The summed E-state index contributed by atoms with van der Waals surface area (Å²) in [5.41, 5.74) is 4.07. The van der Waals surface area contributed by atoms with Crippen LogP contribution in [0.3, 0.4) is 0 Å². The van der Waals surface area contributed by atoms with Gasteiger partial charge in [-0.25, -0.2) is 0 Å². The van der Waals surface area contributed by atoms with Crippen LogP contribution in [0.2, 0.25) is 0 Å². The number of benzene rings is 2. The molecule has 1 atom stereocenters. The van der Waals surface area contributed by atoms with E-state index in [2.05, 4.69) is 32.2 Å². The zero-order chi connectivity index (χ0) is 21.5. The summed E-state index contributed by atoms with van der Waals surface area (Å²) >= 11 is 1.65. The summed E-state index contributed by atoms with van der Waals surface area (Å²) in [5.74, 6) is 1.03. The number of anilines is 2. The second kappa shape index (κ2) is 10.7. The predicted octanol–water partition coefficient (Wildman–Crippen LogP) is 6.50. The van der Waals surface area contributed by atoms with Gasteiger partial charge in [0.2, 0.25) is 11.8 Å². The third-order valence-corrected chi connectivity index (χ3v) is 6.64. The van der Waals surface area contributed by atoms with Crippen LogP contribution in [0.1, 0.15) is 75.3 Å². The van der Waals surface area contributed by atoms with Crippen LogP contribution in [-0.2, 0) is 9.59 Å². The minimum atomic E-state index is -0.0452. The van der Waals surface area contributed by atoms with E-state index in [1.807, 2.05) is 47.4 Å². The molecule has 1 saturated heterocycles. The standard InChI is InChI=1S/C25H32N2O2S/c1-4-5-6-7-12-23(28)26-20-15-13-19(14-16-20)25-27(24(29)17-30-25)22-11-9-8-10-21(22)18(2)3/h8-11,13-16,18,25H,4-7,12,17H2,1-3H3,(H,26,28). The molecule has 1 aliphatic rings. The molecule has 1 N–H and O–H groups in total. The highest BCUT2D eigenvalue weighted by Gasteiger charge is 2.35. The van der Waals surface area contributed by atoms with Crippen molar-refractivity contribution in [1.82, 2.24) is 0 Å². The molecule has 3 rings (SSSR count). The molecule has 2 aromatic rings. The normalized spacial score (nSPS) is 16.3. The summed E-state index contributed by atoms with van der Waals surface area (Å²) in [6, 6.07) is 16.1. The number of nitrogens with zero attached hydrogens (tertiary/aromatic N) is 1. The molecule has 1 heterocycles. The number of carbonyl (C=O) groups is 2. The van der Waals surface area contributed by atoms with Crippen LogP contribution in [0.5, 0.6) is 0 Å². The maximum absolute atomic E-state index is 12.7. The van der Waals surface area contributed by atoms with Crippen molar-refractivity contribution in [2.24, 2.45) is 0 Å². The molecule has 2 aromatic carbocycles. The van der Waals surface area contributed by atoms with Gasteiger partial charge in [0.1, 0.15) is 5.37 Å². The molecular weight excluding hydrogens is 392 g/mol. The lowest BCUT2D eigenvalue weighted by Gasteiger charge is -2.27. The van der Waals surface area contributed by atoms with Crippen molar-refractivity contribution >= 4 is 35.0 Å². The third kappa shape index (κ3) is 5.45. The Balaban J connectivity index is 1.71. The molecule has 0 bridgehead atoms. The highest BCUT2D eigenvalue weighted by Crippen LogP contribution is 2.44. The van der Waals surface area contributed by atoms with Gasteiger partial charge in [-0.1, -0.05) is 70.4 Å². The lowest BCUT2D eigenvalue weighted by molar-refractivity contribution is -0.116. The molecule has 0 aromatic heterocycles. The summed E-state index contributed by atoms with van der Waals surface area (Å²) < 4.78 is 0. The van der Waals surface area contributed by atoms with Gasteiger partial charge in [-0.15, -0.1) is 11.8 Å². The average molecular weight is 425 g/mol. The van der Waals surface area contributed by atoms with Gasteiger partial charge < -0.3 is 5.32 Å². The van der Waals surface area contributed by atoms with Crippen molar-refractivity contribution in [2.45, 2.75) is 64.2 Å². The van der Waals surface area contributed by atoms with E-state index in [4.69, 9.17) is 0 Å². The van der Waals surface area contributed by atoms with Crippen molar-refractivity contribution in [3.8, 4) is 0 Å². The molecule has 0 saturated carbocycles. The highest BCUT2D eigenvalue weighted by atomic mass is 32.2. The van der Waals surface area contributed by atoms with Crippen LogP contribution in [0.4, 0.5) is 11.4 Å². The molecule has 5 heteroatoms. The minimum absolute atomic E-state index is 0.0452. The second-order valence-corrected chi connectivity index (χ2v) is 9.19. The molecule has 4 nitrogen and oxygen atoms in total. The lowest BCUT2D eigenvalue weighted by atomic mass is 10.00. The van der Waals surface area contributed by atoms with Crippen LogP contribution in [0.15, 0.2) is 48.5 Å². The van der Waals surface area contributed by atoms with Crippen molar-refractivity contribution in [3.63, 3.8) is 0 Å². The topological polar surface area (TPSA) is 49.4 Å². The van der Waals surface area contributed by atoms with E-state index >= 15 is 0 Å². The van der Waals surface area contributed by atoms with Crippen LogP contribution in [0.25, 0.3) is 0 Å². The first-order valence-corrected chi connectivity index (χ1v) is 12.0. The molecule has 0 spiro atoms. The van der Waals surface area contributed by atoms with E-state index in [1.165, 1.54) is 18.4 Å². The Morgan fingerprint density at radius 1 is 1.10 bits per heavy atom. The predicted molar refractivity (Wildman–Crippen MR) is 127 cm³/mol. The van der Waals surface area contributed by atoms with Gasteiger partial charge in [0.25, 0.3) is 0 Å². The lowest BCUT2D eigenvalue weighted by Crippen LogP contribution is -2.29. The summed E-state index contributed by atoms with van der Waals surface area (Å²) in [5, 5.41) is 2.94. The molecule has 160 valence electrons. The fourth-order valence-corrected chi connectivity index (χ4v) is 4.96. The van der Waals surface area contributed by atoms with Crippen LogP contribution < -0.4 is 10.2 Å². The van der Waals surface area contributed by atoms with Crippen LogP contribution >= 0.6 is 11.8 Å². The summed E-state index contributed by atoms with van der Waals surface area (Å²) in [6.07, 6.45) is 4.94. The Labute approximate surface area is 184 Å². The summed E-state index contributed by atoms with van der Waals surface area (Å²) in [7, 11) is 0. The van der Waals surface area contributed by atoms with Crippen molar-refractivity contribution in [1.29, 1.82) is 0 Å². The first kappa shape index (κ1) is 22.4. The average Bonchev–Trinajstić information content (AvgIpc) is 3.13. The van der Waals surface area contributed by atoms with Gasteiger partial charge in [-0.3, -0.25) is 14.5 Å². The smallest absolute Gasteiger partial charge is 0.238 e. The van der Waals surface area contributed by atoms with Gasteiger partial charge in [0.05, 0.1) is 5.75 Å². The van der Waals surface area contributed by atoms with Gasteiger partial charge in [-0.2, -0.15) is 0 Å². The Hall–Kier alpha value is -2.27. The largest absolute Gasteiger partial charge is 0.326 e. The quantitative estimate of drug-likeness (QED) is 0.468. The Morgan fingerprint density at radius 2 is 1.83 bits per heavy atom. The molecule has 0 aliphatic carbocycles. The molecule has 2 amide bonds. The number of carbonyl (C=O) groups excluding carboxylic acids is 2. The fraction of sp³-hybridized carbons (Fsp3) is 0.440. The van der Waals surface area contributed by atoms with E-state index in [9.17, 15) is 9.59 Å². The highest BCUT2D eigenvalue weighted by molar-refractivity contribution is 8.00. The maximum Gasteiger partial charge on any atom is 0.238 e. The van der Waals surface area contributed by atoms with Gasteiger partial charge in [0.15, 0.2) is 0 Å². The third-order valence-electron chi connectivity index (χ3n) is 5.42. The van der Waals surface area contributed by atoms with E-state index in [0.29, 0.717) is 18.1 Å². The number of nitrogens with one attached hydrogen (secondary N) is 1. The Bertz CT molecular complexity index is 864. The van der Waals surface area contributed by atoms with E-state index in [0.717, 1.165) is 29.8 Å². The number of amides is 2. The van der Waals surface area contributed by atoms with E-state index in [1.54, 1.807) is 11.8 Å². The SMILES string of the molecule is CCCCCCC(=O)Nc1ccc(C2SCC(=O)N2c2ccccc2C(C)C)cc1. The first-order valence-electron chi connectivity index (χ1n) is 10.9. The number of thioether (sulfide) groups is 1. The Kier molecular flexibility index (Phi) is 7.97. The molecule has 1 unspecified atom stereocenters. The number of rotatable bonds is 9. The molecule has 30 heavy (non-hydrogen) atoms. The van der Waals surface area contributed by atoms with Crippen LogP contribution in [0, 0.1) is 0 Å². The Morgan fingerprint density at radius 3 is 2.53 bits per heavy atom. The molecular formula is C25H32N2O2S. The summed E-state index contributed by atoms with van der Waals surface area (Å²) in [4.78, 5) is 26.8. The number of para-hydroxylation sites is 1. The number of unbranched alkanes of at least 4 members (excludes halogenated alkanes) is 3. The van der Waals surface area contributed by atoms with Crippen molar-refractivity contribution in [2.75, 3.05) is 16.0 Å². The minimum Gasteiger partial charge on any atom is -0.326 e. The van der Waals surface area contributed by atoms with Gasteiger partial charge in [-0.05, 0) is 41.7 Å². The van der Waals surface area contributed by atoms with E-state index in [-0.39, 0.29) is 17.2 Å². The zero-order valence-electron chi connectivity index (χ0n) is 18.2. The number of hydrogen-bond donors (Lipinski definition) is 1. The fourth-order valence-electron chi connectivity index (χ4n) is 3.79. The van der Waals surface area contributed by atoms with Gasteiger partial charge in [0, 0.05) is 17.8 Å². The monoisotopic (exact) mass is 424 g/mol. The van der Waals surface area contributed by atoms with Crippen molar-refractivity contribution < 1.29 is 9.59 Å². The summed E-state index contributed by atoms with van der Waals surface area (Å²) in [6.45, 7) is 6.48. The van der Waals surface area contributed by atoms with E-state index < -0.39 is 0 Å². The molecule has 0 radical (unpaired) electrons. The molecule has 1 fully saturated rings. The maximum atomic E-state index is 12.7. The molecule has 1 aliphatic heterocycles. The zero-order valence-corrected chi connectivity index (χ0v) is 19.0. The first-order chi connectivity index (χ1) is 14.5.